The van der Waals surface area contributed by atoms with Crippen LogP contribution in [-0.4, -0.2) is 16.0 Å². The van der Waals surface area contributed by atoms with E-state index in [0.29, 0.717) is 5.76 Å². The van der Waals surface area contributed by atoms with E-state index in [1.807, 2.05) is 19.1 Å². The third-order valence-corrected chi connectivity index (χ3v) is 3.53. The van der Waals surface area contributed by atoms with Crippen LogP contribution in [0.3, 0.4) is 0 Å². The van der Waals surface area contributed by atoms with Crippen LogP contribution in [0.25, 0.3) is 0 Å². The lowest BCUT2D eigenvalue weighted by atomic mass is 10.1. The summed E-state index contributed by atoms with van der Waals surface area (Å²) < 4.78 is 5.24. The van der Waals surface area contributed by atoms with Crippen molar-refractivity contribution < 1.29 is 14.3 Å². The van der Waals surface area contributed by atoms with E-state index < -0.39 is 5.97 Å². The summed E-state index contributed by atoms with van der Waals surface area (Å²) in [6, 6.07) is 10.0. The van der Waals surface area contributed by atoms with Crippen molar-refractivity contribution in [2.24, 2.45) is 0 Å². The number of carbonyl (C=O) groups is 1. The summed E-state index contributed by atoms with van der Waals surface area (Å²) in [6.07, 6.45) is 0. The Morgan fingerprint density at radius 1 is 1.32 bits per heavy atom. The van der Waals surface area contributed by atoms with Crippen LogP contribution in [-0.2, 0) is 19.6 Å². The van der Waals surface area contributed by atoms with Gasteiger partial charge in [-0.15, -0.1) is 0 Å². The second-order valence-electron chi connectivity index (χ2n) is 4.91. The summed E-state index contributed by atoms with van der Waals surface area (Å²) in [5, 5.41) is 8.92. The van der Waals surface area contributed by atoms with Crippen LogP contribution >= 0.6 is 0 Å². The van der Waals surface area contributed by atoms with Crippen molar-refractivity contribution in [2.75, 3.05) is 0 Å². The van der Waals surface area contributed by atoms with E-state index >= 15 is 0 Å². The van der Waals surface area contributed by atoms with Crippen molar-refractivity contribution in [3.05, 3.63) is 58.5 Å². The molecule has 0 saturated carbocycles. The number of nitrogens with zero attached hydrogens (tertiary/aromatic N) is 1. The van der Waals surface area contributed by atoms with Gasteiger partial charge in [-0.2, -0.15) is 0 Å². The SMILES string of the molecule is Cc1oc(C(=O)O)cc1CN1Cc2ccccc2C1. The Morgan fingerprint density at radius 2 is 1.95 bits per heavy atom. The Kier molecular flexibility index (Phi) is 2.87. The van der Waals surface area contributed by atoms with Gasteiger partial charge in [0.15, 0.2) is 0 Å². The van der Waals surface area contributed by atoms with Gasteiger partial charge in [0.05, 0.1) is 0 Å². The number of carboxylic acids is 1. The Morgan fingerprint density at radius 3 is 2.47 bits per heavy atom. The highest BCUT2D eigenvalue weighted by molar-refractivity contribution is 5.84. The van der Waals surface area contributed by atoms with Gasteiger partial charge in [0.25, 0.3) is 0 Å². The molecule has 0 aliphatic carbocycles. The van der Waals surface area contributed by atoms with Gasteiger partial charge in [-0.05, 0) is 24.1 Å². The van der Waals surface area contributed by atoms with Crippen molar-refractivity contribution >= 4 is 5.97 Å². The first kappa shape index (κ1) is 12.0. The van der Waals surface area contributed by atoms with Gasteiger partial charge in [0.2, 0.25) is 5.76 Å². The number of fused-ring (bicyclic) bond motifs is 1. The van der Waals surface area contributed by atoms with Crippen molar-refractivity contribution in [3.8, 4) is 0 Å². The van der Waals surface area contributed by atoms with Crippen LogP contribution in [0.2, 0.25) is 0 Å². The first-order valence-electron chi connectivity index (χ1n) is 6.25. The highest BCUT2D eigenvalue weighted by Gasteiger charge is 2.21. The molecule has 1 aromatic heterocycles. The quantitative estimate of drug-likeness (QED) is 0.918. The number of furan rings is 1. The van der Waals surface area contributed by atoms with Gasteiger partial charge < -0.3 is 9.52 Å². The molecule has 1 aromatic carbocycles. The summed E-state index contributed by atoms with van der Waals surface area (Å²) in [7, 11) is 0. The summed E-state index contributed by atoms with van der Waals surface area (Å²) in [6.45, 7) is 4.34. The predicted molar refractivity (Wildman–Crippen MR) is 69.8 cm³/mol. The number of benzene rings is 1. The lowest BCUT2D eigenvalue weighted by Crippen LogP contribution is -2.15. The van der Waals surface area contributed by atoms with Crippen molar-refractivity contribution in [2.45, 2.75) is 26.6 Å². The maximum absolute atomic E-state index is 10.9. The molecule has 0 saturated heterocycles. The average molecular weight is 257 g/mol. The van der Waals surface area contributed by atoms with Gasteiger partial charge in [-0.25, -0.2) is 4.79 Å². The molecular formula is C15H15NO3. The Balaban J connectivity index is 1.76. The lowest BCUT2D eigenvalue weighted by molar-refractivity contribution is 0.0661. The van der Waals surface area contributed by atoms with Crippen LogP contribution in [0.15, 0.2) is 34.7 Å². The van der Waals surface area contributed by atoms with Crippen LogP contribution < -0.4 is 0 Å². The summed E-state index contributed by atoms with van der Waals surface area (Å²) in [5.74, 6) is -0.309. The number of aromatic carboxylic acids is 1. The van der Waals surface area contributed by atoms with Crippen LogP contribution in [0.4, 0.5) is 0 Å². The number of aryl methyl sites for hydroxylation is 1. The van der Waals surface area contributed by atoms with Crippen molar-refractivity contribution in [1.82, 2.24) is 4.90 Å². The van der Waals surface area contributed by atoms with Crippen molar-refractivity contribution in [3.63, 3.8) is 0 Å². The molecule has 2 heterocycles. The third kappa shape index (κ3) is 2.27. The fourth-order valence-corrected chi connectivity index (χ4v) is 2.54. The van der Waals surface area contributed by atoms with E-state index in [1.54, 1.807) is 6.07 Å². The summed E-state index contributed by atoms with van der Waals surface area (Å²) in [5.41, 5.74) is 3.65. The molecule has 3 rings (SSSR count). The molecule has 1 N–H and O–H groups in total. The highest BCUT2D eigenvalue weighted by Crippen LogP contribution is 2.25. The Hall–Kier alpha value is -2.07. The maximum atomic E-state index is 10.9. The fourth-order valence-electron chi connectivity index (χ4n) is 2.54. The van der Waals surface area contributed by atoms with Crippen molar-refractivity contribution in [1.29, 1.82) is 0 Å². The number of hydrogen-bond donors (Lipinski definition) is 1. The zero-order chi connectivity index (χ0) is 13.4. The molecule has 0 atom stereocenters. The molecule has 0 radical (unpaired) electrons. The maximum Gasteiger partial charge on any atom is 0.371 e. The smallest absolute Gasteiger partial charge is 0.371 e. The summed E-state index contributed by atoms with van der Waals surface area (Å²) >= 11 is 0. The molecule has 1 aliphatic heterocycles. The second kappa shape index (κ2) is 4.55. The molecule has 4 nitrogen and oxygen atoms in total. The number of carboxylic acid groups (broad SMARTS) is 1. The predicted octanol–water partition coefficient (Wildman–Crippen LogP) is 2.80. The molecule has 0 amide bonds. The molecule has 2 aromatic rings. The summed E-state index contributed by atoms with van der Waals surface area (Å²) in [4.78, 5) is 13.2. The number of rotatable bonds is 3. The van der Waals surface area contributed by atoms with E-state index in [-0.39, 0.29) is 5.76 Å². The van der Waals surface area contributed by atoms with Gasteiger partial charge >= 0.3 is 5.97 Å². The zero-order valence-electron chi connectivity index (χ0n) is 10.7. The number of hydrogen-bond acceptors (Lipinski definition) is 3. The minimum atomic E-state index is -1.01. The highest BCUT2D eigenvalue weighted by atomic mass is 16.4. The molecule has 19 heavy (non-hydrogen) atoms. The van der Waals surface area contributed by atoms with E-state index in [4.69, 9.17) is 9.52 Å². The second-order valence-corrected chi connectivity index (χ2v) is 4.91. The van der Waals surface area contributed by atoms with Gasteiger partial charge in [0, 0.05) is 25.2 Å². The molecule has 1 aliphatic rings. The Labute approximate surface area is 111 Å². The molecule has 4 heteroatoms. The minimum absolute atomic E-state index is 0.0178. The average Bonchev–Trinajstić information content (AvgIpc) is 2.93. The van der Waals surface area contributed by atoms with E-state index in [9.17, 15) is 4.79 Å². The largest absolute Gasteiger partial charge is 0.475 e. The molecule has 0 spiro atoms. The van der Waals surface area contributed by atoms with E-state index in [1.165, 1.54) is 11.1 Å². The zero-order valence-corrected chi connectivity index (χ0v) is 10.7. The lowest BCUT2D eigenvalue weighted by Gasteiger charge is -2.13. The molecule has 98 valence electrons. The third-order valence-electron chi connectivity index (χ3n) is 3.53. The monoisotopic (exact) mass is 257 g/mol. The molecular weight excluding hydrogens is 242 g/mol. The van der Waals surface area contributed by atoms with Crippen LogP contribution in [0.1, 0.15) is 33.0 Å². The molecule has 0 bridgehead atoms. The first-order chi connectivity index (χ1) is 9.13. The minimum Gasteiger partial charge on any atom is -0.475 e. The Bertz CT molecular complexity index is 605. The van der Waals surface area contributed by atoms with E-state index in [0.717, 1.165) is 25.2 Å². The van der Waals surface area contributed by atoms with Crippen LogP contribution in [0, 0.1) is 6.92 Å². The van der Waals surface area contributed by atoms with Gasteiger partial charge in [-0.1, -0.05) is 24.3 Å². The first-order valence-corrected chi connectivity index (χ1v) is 6.25. The normalized spacial score (nSPS) is 14.6. The standard InChI is InChI=1S/C15H15NO3/c1-10-13(6-14(19-10)15(17)18)9-16-7-11-4-2-3-5-12(11)8-16/h2-6H,7-9H2,1H3,(H,17,18). The topological polar surface area (TPSA) is 53.7 Å². The molecule has 0 fully saturated rings. The van der Waals surface area contributed by atoms with E-state index in [2.05, 4.69) is 17.0 Å². The van der Waals surface area contributed by atoms with Gasteiger partial charge in [-0.3, -0.25) is 4.90 Å². The van der Waals surface area contributed by atoms with Gasteiger partial charge in [0.1, 0.15) is 5.76 Å². The fraction of sp³-hybridized carbons (Fsp3) is 0.267. The molecule has 0 unspecified atom stereocenters. The van der Waals surface area contributed by atoms with Crippen LogP contribution in [0.5, 0.6) is 0 Å².